The number of rotatable bonds is 4. The zero-order valence-electron chi connectivity index (χ0n) is 9.22. The molecule has 0 fully saturated rings. The van der Waals surface area contributed by atoms with Crippen LogP contribution in [0.25, 0.3) is 0 Å². The van der Waals surface area contributed by atoms with Crippen LogP contribution in [0.1, 0.15) is 18.9 Å². The summed E-state index contributed by atoms with van der Waals surface area (Å²) in [6.07, 6.45) is 0.866. The van der Waals surface area contributed by atoms with E-state index in [0.717, 1.165) is 6.42 Å². The normalized spacial score (nSPS) is 9.94. The predicted molar refractivity (Wildman–Crippen MR) is 61.6 cm³/mol. The largest absolute Gasteiger partial charge is 0.338 e. The Bertz CT molecular complexity index is 368. The van der Waals surface area contributed by atoms with Gasteiger partial charge in [0.15, 0.2) is 0 Å². The van der Waals surface area contributed by atoms with Gasteiger partial charge in [0.2, 0.25) is 0 Å². The number of carbonyl (C=O) groups is 1. The molecule has 16 heavy (non-hydrogen) atoms. The molecule has 1 aromatic carbocycles. The van der Waals surface area contributed by atoms with Gasteiger partial charge >= 0.3 is 6.03 Å². The first kappa shape index (κ1) is 12.4. The zero-order chi connectivity index (χ0) is 12.0. The molecule has 0 unspecified atom stereocenters. The summed E-state index contributed by atoms with van der Waals surface area (Å²) in [4.78, 5) is 11.3. The van der Waals surface area contributed by atoms with Gasteiger partial charge < -0.3 is 16.4 Å². The van der Waals surface area contributed by atoms with Gasteiger partial charge in [0, 0.05) is 24.3 Å². The van der Waals surface area contributed by atoms with E-state index in [0.29, 0.717) is 17.8 Å². The molecule has 0 aliphatic heterocycles. The number of nitrogens with two attached hydrogens (primary N) is 1. The van der Waals surface area contributed by atoms with Crippen LogP contribution < -0.4 is 16.4 Å². The number of halogens is 1. The summed E-state index contributed by atoms with van der Waals surface area (Å²) in [5.74, 6) is -0.359. The van der Waals surface area contributed by atoms with E-state index in [1.54, 1.807) is 0 Å². The first-order valence-electron chi connectivity index (χ1n) is 5.20. The number of amides is 2. The second-order valence-corrected chi connectivity index (χ2v) is 3.39. The highest BCUT2D eigenvalue weighted by molar-refractivity contribution is 5.89. The SMILES string of the molecule is CCCNC(=O)Nc1ccc(F)c(CN)c1. The molecule has 0 aromatic heterocycles. The Balaban J connectivity index is 2.63. The van der Waals surface area contributed by atoms with Crippen LogP contribution in [0.2, 0.25) is 0 Å². The zero-order valence-corrected chi connectivity index (χ0v) is 9.22. The monoisotopic (exact) mass is 225 g/mol. The molecule has 1 rings (SSSR count). The summed E-state index contributed by atoms with van der Waals surface area (Å²) in [7, 11) is 0. The molecule has 4 N–H and O–H groups in total. The summed E-state index contributed by atoms with van der Waals surface area (Å²) in [6, 6.07) is 4.02. The molecule has 1 aromatic rings. The molecule has 0 saturated heterocycles. The third kappa shape index (κ3) is 3.51. The lowest BCUT2D eigenvalue weighted by Crippen LogP contribution is -2.29. The number of carbonyl (C=O) groups excluding carboxylic acids is 1. The molecule has 4 nitrogen and oxygen atoms in total. The van der Waals surface area contributed by atoms with Crippen molar-refractivity contribution in [1.82, 2.24) is 5.32 Å². The van der Waals surface area contributed by atoms with Crippen LogP contribution in [-0.2, 0) is 6.54 Å². The fraction of sp³-hybridized carbons (Fsp3) is 0.364. The quantitative estimate of drug-likeness (QED) is 0.731. The lowest BCUT2D eigenvalue weighted by atomic mass is 10.2. The highest BCUT2D eigenvalue weighted by Crippen LogP contribution is 2.13. The summed E-state index contributed by atoms with van der Waals surface area (Å²) in [6.45, 7) is 2.68. The van der Waals surface area contributed by atoms with Gasteiger partial charge in [-0.3, -0.25) is 0 Å². The number of anilines is 1. The van der Waals surface area contributed by atoms with Crippen molar-refractivity contribution in [1.29, 1.82) is 0 Å². The third-order valence-corrected chi connectivity index (χ3v) is 2.06. The number of urea groups is 1. The average molecular weight is 225 g/mol. The van der Waals surface area contributed by atoms with Crippen LogP contribution in [0.3, 0.4) is 0 Å². The maximum atomic E-state index is 13.1. The molecular weight excluding hydrogens is 209 g/mol. The Hall–Kier alpha value is -1.62. The van der Waals surface area contributed by atoms with Gasteiger partial charge in [0.1, 0.15) is 5.82 Å². The third-order valence-electron chi connectivity index (χ3n) is 2.06. The second kappa shape index (κ2) is 6.07. The molecule has 0 spiro atoms. The van der Waals surface area contributed by atoms with Crippen molar-refractivity contribution in [2.24, 2.45) is 5.73 Å². The van der Waals surface area contributed by atoms with E-state index in [9.17, 15) is 9.18 Å². The minimum absolute atomic E-state index is 0.109. The Morgan fingerprint density at radius 2 is 2.25 bits per heavy atom. The fourth-order valence-electron chi connectivity index (χ4n) is 1.22. The Kier molecular flexibility index (Phi) is 4.72. The van der Waals surface area contributed by atoms with Crippen molar-refractivity contribution in [2.45, 2.75) is 19.9 Å². The highest BCUT2D eigenvalue weighted by Gasteiger charge is 2.04. The Morgan fingerprint density at radius 1 is 1.50 bits per heavy atom. The molecule has 0 heterocycles. The van der Waals surface area contributed by atoms with Crippen LogP contribution in [-0.4, -0.2) is 12.6 Å². The number of benzene rings is 1. The molecular formula is C11H16FN3O. The van der Waals surface area contributed by atoms with E-state index < -0.39 is 0 Å². The molecule has 2 amide bonds. The van der Waals surface area contributed by atoms with Gasteiger partial charge in [0.05, 0.1) is 0 Å². The van der Waals surface area contributed by atoms with E-state index in [2.05, 4.69) is 10.6 Å². The Morgan fingerprint density at radius 3 is 2.88 bits per heavy atom. The van der Waals surface area contributed by atoms with E-state index in [1.165, 1.54) is 18.2 Å². The summed E-state index contributed by atoms with van der Waals surface area (Å²) in [5.41, 5.74) is 6.28. The van der Waals surface area contributed by atoms with E-state index in [1.807, 2.05) is 6.92 Å². The van der Waals surface area contributed by atoms with E-state index >= 15 is 0 Å². The van der Waals surface area contributed by atoms with Crippen LogP contribution in [0.4, 0.5) is 14.9 Å². The molecule has 0 saturated carbocycles. The first-order chi connectivity index (χ1) is 7.67. The van der Waals surface area contributed by atoms with Crippen molar-refractivity contribution < 1.29 is 9.18 Å². The summed E-state index contributed by atoms with van der Waals surface area (Å²) < 4.78 is 13.1. The van der Waals surface area contributed by atoms with Crippen molar-refractivity contribution in [2.75, 3.05) is 11.9 Å². The minimum atomic E-state index is -0.359. The predicted octanol–water partition coefficient (Wildman–Crippen LogP) is 1.82. The van der Waals surface area contributed by atoms with Crippen molar-refractivity contribution in [3.05, 3.63) is 29.6 Å². The summed E-state index contributed by atoms with van der Waals surface area (Å²) in [5, 5.41) is 5.26. The molecule has 0 aliphatic rings. The standard InChI is InChI=1S/C11H16FN3O/c1-2-5-14-11(16)15-9-3-4-10(12)8(6-9)7-13/h3-4,6H,2,5,7,13H2,1H3,(H2,14,15,16). The van der Waals surface area contributed by atoms with Crippen LogP contribution >= 0.6 is 0 Å². The van der Waals surface area contributed by atoms with Crippen molar-refractivity contribution in [3.8, 4) is 0 Å². The second-order valence-electron chi connectivity index (χ2n) is 3.39. The lowest BCUT2D eigenvalue weighted by Gasteiger charge is -2.08. The number of nitrogens with one attached hydrogen (secondary N) is 2. The minimum Gasteiger partial charge on any atom is -0.338 e. The van der Waals surface area contributed by atoms with Gasteiger partial charge in [0.25, 0.3) is 0 Å². The van der Waals surface area contributed by atoms with Crippen molar-refractivity contribution in [3.63, 3.8) is 0 Å². The fourth-order valence-corrected chi connectivity index (χ4v) is 1.22. The number of hydrogen-bond donors (Lipinski definition) is 3. The summed E-state index contributed by atoms with van der Waals surface area (Å²) >= 11 is 0. The van der Waals surface area contributed by atoms with Gasteiger partial charge in [-0.25, -0.2) is 9.18 Å². The smallest absolute Gasteiger partial charge is 0.319 e. The molecule has 0 atom stereocenters. The molecule has 0 bridgehead atoms. The van der Waals surface area contributed by atoms with E-state index in [-0.39, 0.29) is 18.4 Å². The van der Waals surface area contributed by atoms with Gasteiger partial charge in [-0.2, -0.15) is 0 Å². The molecule has 0 aliphatic carbocycles. The molecule has 5 heteroatoms. The van der Waals surface area contributed by atoms with Crippen LogP contribution in [0, 0.1) is 5.82 Å². The van der Waals surface area contributed by atoms with E-state index in [4.69, 9.17) is 5.73 Å². The first-order valence-corrected chi connectivity index (χ1v) is 5.20. The van der Waals surface area contributed by atoms with Gasteiger partial charge in [-0.15, -0.1) is 0 Å². The number of hydrogen-bond acceptors (Lipinski definition) is 2. The molecule has 0 radical (unpaired) electrons. The average Bonchev–Trinajstić information content (AvgIpc) is 2.29. The Labute approximate surface area is 94.0 Å². The van der Waals surface area contributed by atoms with Gasteiger partial charge in [-0.05, 0) is 24.6 Å². The highest BCUT2D eigenvalue weighted by atomic mass is 19.1. The topological polar surface area (TPSA) is 67.2 Å². The lowest BCUT2D eigenvalue weighted by molar-refractivity contribution is 0.252. The maximum absolute atomic E-state index is 13.1. The van der Waals surface area contributed by atoms with Crippen LogP contribution in [0.15, 0.2) is 18.2 Å². The molecule has 88 valence electrons. The van der Waals surface area contributed by atoms with Crippen molar-refractivity contribution >= 4 is 11.7 Å². The van der Waals surface area contributed by atoms with Gasteiger partial charge in [-0.1, -0.05) is 6.92 Å². The maximum Gasteiger partial charge on any atom is 0.319 e. The van der Waals surface area contributed by atoms with Crippen LogP contribution in [0.5, 0.6) is 0 Å².